The summed E-state index contributed by atoms with van der Waals surface area (Å²) >= 11 is 5.82. The molecule has 0 saturated heterocycles. The normalized spacial score (nSPS) is 13.2. The van der Waals surface area contributed by atoms with Crippen molar-refractivity contribution in [2.75, 3.05) is 13.7 Å². The standard InChI is InChI=1S/C14H15ClN2O5/c1-21-11-5-4-9(15)6-10(11)13(19)17-16-12(18)7-22-14(20)8-2-3-8/h4-6,8H,2-3,7H2,1H3,(H,16,18)(H,17,19). The number of carbonyl (C=O) groups excluding carboxylic acids is 3. The molecule has 1 fully saturated rings. The highest BCUT2D eigenvalue weighted by Crippen LogP contribution is 2.29. The molecule has 22 heavy (non-hydrogen) atoms. The molecular weight excluding hydrogens is 312 g/mol. The van der Waals surface area contributed by atoms with Gasteiger partial charge >= 0.3 is 5.97 Å². The number of hydrazine groups is 1. The molecule has 118 valence electrons. The number of carbonyl (C=O) groups is 3. The lowest BCUT2D eigenvalue weighted by molar-refractivity contribution is -0.149. The van der Waals surface area contributed by atoms with Crippen molar-refractivity contribution in [1.29, 1.82) is 0 Å². The van der Waals surface area contributed by atoms with Crippen LogP contribution in [0, 0.1) is 5.92 Å². The Labute approximate surface area is 131 Å². The Morgan fingerprint density at radius 1 is 1.27 bits per heavy atom. The van der Waals surface area contributed by atoms with Gasteiger partial charge in [0.1, 0.15) is 5.75 Å². The monoisotopic (exact) mass is 326 g/mol. The van der Waals surface area contributed by atoms with E-state index in [1.165, 1.54) is 19.2 Å². The van der Waals surface area contributed by atoms with E-state index in [-0.39, 0.29) is 11.5 Å². The third kappa shape index (κ3) is 4.36. The van der Waals surface area contributed by atoms with Crippen LogP contribution in [0.25, 0.3) is 0 Å². The summed E-state index contributed by atoms with van der Waals surface area (Å²) in [6, 6.07) is 4.53. The number of amides is 2. The molecule has 7 nitrogen and oxygen atoms in total. The van der Waals surface area contributed by atoms with Crippen molar-refractivity contribution < 1.29 is 23.9 Å². The molecule has 2 N–H and O–H groups in total. The van der Waals surface area contributed by atoms with Gasteiger partial charge in [0.05, 0.1) is 18.6 Å². The Kier molecular flexibility index (Phi) is 5.21. The van der Waals surface area contributed by atoms with E-state index in [2.05, 4.69) is 10.9 Å². The van der Waals surface area contributed by atoms with Crippen LogP contribution >= 0.6 is 11.6 Å². The van der Waals surface area contributed by atoms with Crippen LogP contribution in [-0.4, -0.2) is 31.5 Å². The second-order valence-electron chi connectivity index (χ2n) is 4.73. The van der Waals surface area contributed by atoms with Crippen LogP contribution in [0.4, 0.5) is 0 Å². The van der Waals surface area contributed by atoms with E-state index in [9.17, 15) is 14.4 Å². The summed E-state index contributed by atoms with van der Waals surface area (Å²) in [6.07, 6.45) is 1.59. The Balaban J connectivity index is 1.82. The molecule has 0 heterocycles. The molecule has 0 aromatic heterocycles. The van der Waals surface area contributed by atoms with Crippen LogP contribution in [-0.2, 0) is 14.3 Å². The van der Waals surface area contributed by atoms with E-state index in [4.69, 9.17) is 21.1 Å². The van der Waals surface area contributed by atoms with E-state index in [1.54, 1.807) is 6.07 Å². The molecule has 0 aliphatic heterocycles. The lowest BCUT2D eigenvalue weighted by Crippen LogP contribution is -2.43. The quantitative estimate of drug-likeness (QED) is 0.623. The van der Waals surface area contributed by atoms with Gasteiger partial charge < -0.3 is 9.47 Å². The van der Waals surface area contributed by atoms with Gasteiger partial charge in [-0.15, -0.1) is 0 Å². The molecule has 2 rings (SSSR count). The van der Waals surface area contributed by atoms with Crippen molar-refractivity contribution >= 4 is 29.4 Å². The van der Waals surface area contributed by atoms with E-state index in [0.29, 0.717) is 10.8 Å². The van der Waals surface area contributed by atoms with Crippen molar-refractivity contribution in [2.45, 2.75) is 12.8 Å². The summed E-state index contributed by atoms with van der Waals surface area (Å²) in [7, 11) is 1.41. The predicted octanol–water partition coefficient (Wildman–Crippen LogP) is 1.06. The maximum atomic E-state index is 12.0. The molecule has 0 bridgehead atoms. The number of rotatable bonds is 5. The Hall–Kier alpha value is -2.28. The van der Waals surface area contributed by atoms with Crippen LogP contribution in [0.2, 0.25) is 5.02 Å². The van der Waals surface area contributed by atoms with Crippen LogP contribution in [0.3, 0.4) is 0 Å². The Morgan fingerprint density at radius 2 is 2.00 bits per heavy atom. The maximum Gasteiger partial charge on any atom is 0.309 e. The molecule has 1 aromatic carbocycles. The minimum Gasteiger partial charge on any atom is -0.496 e. The molecule has 0 atom stereocenters. The molecule has 1 aromatic rings. The van der Waals surface area contributed by atoms with Crippen molar-refractivity contribution in [2.24, 2.45) is 5.92 Å². The highest BCUT2D eigenvalue weighted by Gasteiger charge is 2.31. The Bertz CT molecular complexity index is 601. The van der Waals surface area contributed by atoms with Crippen LogP contribution in [0.5, 0.6) is 5.75 Å². The molecule has 8 heteroatoms. The van der Waals surface area contributed by atoms with Crippen molar-refractivity contribution in [3.63, 3.8) is 0 Å². The summed E-state index contributed by atoms with van der Waals surface area (Å²) in [6.45, 7) is -0.442. The summed E-state index contributed by atoms with van der Waals surface area (Å²) in [4.78, 5) is 34.7. The van der Waals surface area contributed by atoms with Crippen LogP contribution in [0.15, 0.2) is 18.2 Å². The first-order chi connectivity index (χ1) is 10.5. The minimum atomic E-state index is -0.636. The molecule has 1 aliphatic carbocycles. The van der Waals surface area contributed by atoms with Gasteiger partial charge in [-0.3, -0.25) is 25.2 Å². The average molecular weight is 327 g/mol. The van der Waals surface area contributed by atoms with Crippen molar-refractivity contribution in [3.05, 3.63) is 28.8 Å². The van der Waals surface area contributed by atoms with Gasteiger partial charge in [0.25, 0.3) is 11.8 Å². The predicted molar refractivity (Wildman–Crippen MR) is 77.3 cm³/mol. The minimum absolute atomic E-state index is 0.0851. The maximum absolute atomic E-state index is 12.0. The molecule has 1 saturated carbocycles. The van der Waals surface area contributed by atoms with Gasteiger partial charge in [-0.25, -0.2) is 0 Å². The third-order valence-corrected chi connectivity index (χ3v) is 3.21. The molecule has 1 aliphatic rings. The van der Waals surface area contributed by atoms with E-state index in [0.717, 1.165) is 12.8 Å². The number of esters is 1. The van der Waals surface area contributed by atoms with Gasteiger partial charge in [0, 0.05) is 5.02 Å². The lowest BCUT2D eigenvalue weighted by Gasteiger charge is -2.10. The molecular formula is C14H15ClN2O5. The smallest absolute Gasteiger partial charge is 0.309 e. The number of ether oxygens (including phenoxy) is 2. The van der Waals surface area contributed by atoms with Crippen molar-refractivity contribution in [1.82, 2.24) is 10.9 Å². The SMILES string of the molecule is COc1ccc(Cl)cc1C(=O)NNC(=O)COC(=O)C1CC1. The van der Waals surface area contributed by atoms with Gasteiger partial charge in [0.15, 0.2) is 6.61 Å². The molecule has 0 spiro atoms. The first kappa shape index (κ1) is 16.1. The summed E-state index contributed by atoms with van der Waals surface area (Å²) in [5.41, 5.74) is 4.52. The second-order valence-corrected chi connectivity index (χ2v) is 5.17. The largest absolute Gasteiger partial charge is 0.496 e. The van der Waals surface area contributed by atoms with E-state index in [1.807, 2.05) is 0 Å². The summed E-state index contributed by atoms with van der Waals surface area (Å²) in [5.74, 6) is -1.39. The number of nitrogens with one attached hydrogen (secondary N) is 2. The molecule has 0 unspecified atom stereocenters. The fourth-order valence-electron chi connectivity index (χ4n) is 1.66. The molecule has 2 amide bonds. The van der Waals surface area contributed by atoms with Gasteiger partial charge in [0.2, 0.25) is 0 Å². The zero-order valence-electron chi connectivity index (χ0n) is 11.8. The van der Waals surface area contributed by atoms with Crippen LogP contribution in [0.1, 0.15) is 23.2 Å². The van der Waals surface area contributed by atoms with Crippen molar-refractivity contribution in [3.8, 4) is 5.75 Å². The van der Waals surface area contributed by atoms with Crippen LogP contribution < -0.4 is 15.6 Å². The first-order valence-electron chi connectivity index (χ1n) is 6.60. The lowest BCUT2D eigenvalue weighted by atomic mass is 10.2. The van der Waals surface area contributed by atoms with E-state index < -0.39 is 24.4 Å². The Morgan fingerprint density at radius 3 is 2.64 bits per heavy atom. The number of hydrogen-bond acceptors (Lipinski definition) is 5. The number of hydrogen-bond donors (Lipinski definition) is 2. The average Bonchev–Trinajstić information content (AvgIpc) is 3.35. The van der Waals surface area contributed by atoms with Gasteiger partial charge in [-0.05, 0) is 31.0 Å². The van der Waals surface area contributed by atoms with Gasteiger partial charge in [-0.1, -0.05) is 11.6 Å². The highest BCUT2D eigenvalue weighted by atomic mass is 35.5. The number of benzene rings is 1. The zero-order chi connectivity index (χ0) is 16.1. The topological polar surface area (TPSA) is 93.7 Å². The number of halogens is 1. The fourth-order valence-corrected chi connectivity index (χ4v) is 1.83. The second kappa shape index (κ2) is 7.13. The van der Waals surface area contributed by atoms with E-state index >= 15 is 0 Å². The highest BCUT2D eigenvalue weighted by molar-refractivity contribution is 6.31. The van der Waals surface area contributed by atoms with Gasteiger partial charge in [-0.2, -0.15) is 0 Å². The number of methoxy groups -OCH3 is 1. The summed E-state index contributed by atoms with van der Waals surface area (Å²) in [5, 5.41) is 0.357. The fraction of sp³-hybridized carbons (Fsp3) is 0.357. The zero-order valence-corrected chi connectivity index (χ0v) is 12.6. The third-order valence-electron chi connectivity index (χ3n) is 2.98. The molecule has 0 radical (unpaired) electrons. The first-order valence-corrected chi connectivity index (χ1v) is 6.98. The summed E-state index contributed by atoms with van der Waals surface area (Å²) < 4.78 is 9.82.